The van der Waals surface area contributed by atoms with Gasteiger partial charge in [-0.2, -0.15) is 4.98 Å². The number of hydrogen-bond acceptors (Lipinski definition) is 10. The highest BCUT2D eigenvalue weighted by Gasteiger charge is 2.60. The van der Waals surface area contributed by atoms with E-state index in [0.29, 0.717) is 12.8 Å². The summed E-state index contributed by atoms with van der Waals surface area (Å²) in [6, 6.07) is 1.31. The Morgan fingerprint density at radius 2 is 1.94 bits per heavy atom. The molecule has 2 rings (SSSR count). The van der Waals surface area contributed by atoms with Gasteiger partial charge < -0.3 is 25.1 Å². The van der Waals surface area contributed by atoms with Crippen molar-refractivity contribution in [3.8, 4) is 0 Å². The minimum absolute atomic E-state index is 0.0493. The monoisotopic (exact) mass is 452 g/mol. The zero-order valence-electron chi connectivity index (χ0n) is 18.0. The fourth-order valence-corrected chi connectivity index (χ4v) is 3.23. The fourth-order valence-electron chi connectivity index (χ4n) is 3.23. The van der Waals surface area contributed by atoms with Crippen molar-refractivity contribution in [2.24, 2.45) is 5.11 Å². The second kappa shape index (κ2) is 11.5. The molecule has 0 unspecified atom stereocenters. The molecule has 4 atom stereocenters. The van der Waals surface area contributed by atoms with Crippen molar-refractivity contribution in [2.45, 2.75) is 76.5 Å². The summed E-state index contributed by atoms with van der Waals surface area (Å²) in [7, 11) is 0. The van der Waals surface area contributed by atoms with Crippen LogP contribution in [0.2, 0.25) is 0 Å². The van der Waals surface area contributed by atoms with Crippen LogP contribution in [0.5, 0.6) is 0 Å². The van der Waals surface area contributed by atoms with Crippen LogP contribution in [0.15, 0.2) is 22.2 Å². The molecule has 3 N–H and O–H groups in total. The van der Waals surface area contributed by atoms with Crippen molar-refractivity contribution in [1.29, 1.82) is 0 Å². The predicted molar refractivity (Wildman–Crippen MR) is 111 cm³/mol. The van der Waals surface area contributed by atoms with Crippen molar-refractivity contribution >= 4 is 17.8 Å². The van der Waals surface area contributed by atoms with Gasteiger partial charge in [-0.3, -0.25) is 14.2 Å². The first kappa shape index (κ1) is 25.1. The Morgan fingerprint density at radius 1 is 1.31 bits per heavy atom. The first-order chi connectivity index (χ1) is 15.3. The van der Waals surface area contributed by atoms with E-state index in [0.717, 1.165) is 17.4 Å². The Labute approximate surface area is 184 Å². The third kappa shape index (κ3) is 5.75. The Morgan fingerprint density at radius 3 is 2.47 bits per heavy atom. The number of aliphatic hydroxyl groups is 1. The number of esters is 2. The lowest BCUT2D eigenvalue weighted by Gasteiger charge is -2.28. The number of anilines is 1. The van der Waals surface area contributed by atoms with Crippen molar-refractivity contribution < 1.29 is 28.9 Å². The molecular formula is C19H28N6O7. The third-order valence-electron chi connectivity index (χ3n) is 4.91. The number of aromatic nitrogens is 2. The zero-order chi connectivity index (χ0) is 23.7. The van der Waals surface area contributed by atoms with E-state index in [1.807, 2.05) is 13.8 Å². The van der Waals surface area contributed by atoms with Crippen LogP contribution in [-0.4, -0.2) is 51.1 Å². The largest absolute Gasteiger partial charge is 0.455 e. The van der Waals surface area contributed by atoms with Crippen molar-refractivity contribution in [1.82, 2.24) is 9.55 Å². The summed E-state index contributed by atoms with van der Waals surface area (Å²) in [5, 5.41) is 13.5. The molecule has 0 aliphatic carbocycles. The van der Waals surface area contributed by atoms with Gasteiger partial charge in [-0.15, -0.1) is 0 Å². The van der Waals surface area contributed by atoms with Crippen molar-refractivity contribution in [2.75, 3.05) is 12.3 Å². The van der Waals surface area contributed by atoms with Crippen LogP contribution in [0, 0.1) is 0 Å². The van der Waals surface area contributed by atoms with Crippen LogP contribution in [0.4, 0.5) is 5.82 Å². The SMILES string of the molecule is CCCCC(=O)O[C@H]1[C@@H](n2ccc(N)nc2=O)O[C@@](CO)(N=[N+]=[N-])[C@H]1OC(=O)CCCC. The minimum Gasteiger partial charge on any atom is -0.455 e. The number of nitrogens with two attached hydrogens (primary N) is 1. The molecular weight excluding hydrogens is 424 g/mol. The molecule has 0 bridgehead atoms. The molecule has 176 valence electrons. The van der Waals surface area contributed by atoms with Gasteiger partial charge in [0, 0.05) is 24.0 Å². The number of rotatable bonds is 11. The predicted octanol–water partition coefficient (Wildman–Crippen LogP) is 1.56. The number of unbranched alkanes of at least 4 members (excludes halogenated alkanes) is 2. The Balaban J connectivity index is 2.52. The van der Waals surface area contributed by atoms with E-state index in [1.54, 1.807) is 0 Å². The first-order valence-electron chi connectivity index (χ1n) is 10.4. The van der Waals surface area contributed by atoms with Gasteiger partial charge in [-0.1, -0.05) is 31.8 Å². The van der Waals surface area contributed by atoms with Gasteiger partial charge in [0.15, 0.2) is 18.4 Å². The third-order valence-corrected chi connectivity index (χ3v) is 4.91. The molecule has 1 aromatic heterocycles. The quantitative estimate of drug-likeness (QED) is 0.217. The molecule has 2 heterocycles. The minimum atomic E-state index is -2.13. The smallest absolute Gasteiger partial charge is 0.351 e. The van der Waals surface area contributed by atoms with Gasteiger partial charge in [0.1, 0.15) is 5.82 Å². The average molecular weight is 452 g/mol. The van der Waals surface area contributed by atoms with E-state index in [-0.39, 0.29) is 18.7 Å². The summed E-state index contributed by atoms with van der Waals surface area (Å²) in [6.07, 6.45) is -0.399. The second-order valence-corrected chi connectivity index (χ2v) is 7.32. The van der Waals surface area contributed by atoms with Crippen LogP contribution in [0.25, 0.3) is 10.4 Å². The highest BCUT2D eigenvalue weighted by Crippen LogP contribution is 2.41. The molecule has 0 aromatic carbocycles. The molecule has 0 radical (unpaired) electrons. The van der Waals surface area contributed by atoms with Crippen LogP contribution < -0.4 is 11.4 Å². The highest BCUT2D eigenvalue weighted by molar-refractivity contribution is 5.71. The molecule has 0 amide bonds. The van der Waals surface area contributed by atoms with E-state index in [2.05, 4.69) is 15.0 Å². The van der Waals surface area contributed by atoms with Gasteiger partial charge in [0.25, 0.3) is 0 Å². The topological polar surface area (TPSA) is 192 Å². The van der Waals surface area contributed by atoms with E-state index in [4.69, 9.17) is 25.5 Å². The Kier molecular flexibility index (Phi) is 9.00. The Hall–Kier alpha value is -3.15. The molecule has 1 aromatic rings. The lowest BCUT2D eigenvalue weighted by atomic mass is 10.0. The van der Waals surface area contributed by atoms with E-state index < -0.39 is 48.4 Å². The molecule has 32 heavy (non-hydrogen) atoms. The number of carbonyl (C=O) groups is 2. The Bertz CT molecular complexity index is 916. The number of aliphatic hydroxyl groups excluding tert-OH is 1. The van der Waals surface area contributed by atoms with Crippen molar-refractivity contribution in [3.63, 3.8) is 0 Å². The normalized spacial score (nSPS) is 24.5. The van der Waals surface area contributed by atoms with Crippen LogP contribution in [0.3, 0.4) is 0 Å². The van der Waals surface area contributed by atoms with Gasteiger partial charge in [0.05, 0.1) is 6.61 Å². The van der Waals surface area contributed by atoms with E-state index >= 15 is 0 Å². The molecule has 1 saturated heterocycles. The molecule has 0 saturated carbocycles. The van der Waals surface area contributed by atoms with Crippen LogP contribution in [-0.2, 0) is 23.8 Å². The number of nitrogens with zero attached hydrogens (tertiary/aromatic N) is 5. The molecule has 13 heteroatoms. The maximum Gasteiger partial charge on any atom is 0.351 e. The molecule has 13 nitrogen and oxygen atoms in total. The summed E-state index contributed by atoms with van der Waals surface area (Å²) in [6.45, 7) is 2.88. The van der Waals surface area contributed by atoms with Gasteiger partial charge >= 0.3 is 17.6 Å². The van der Waals surface area contributed by atoms with Crippen molar-refractivity contribution in [3.05, 3.63) is 33.2 Å². The van der Waals surface area contributed by atoms with Gasteiger partial charge in [-0.25, -0.2) is 4.79 Å². The molecule has 1 fully saturated rings. The first-order valence-corrected chi connectivity index (χ1v) is 10.4. The number of ether oxygens (including phenoxy) is 3. The number of hydrogen-bond donors (Lipinski definition) is 2. The average Bonchev–Trinajstić information content (AvgIpc) is 3.04. The van der Waals surface area contributed by atoms with E-state index in [9.17, 15) is 19.5 Å². The van der Waals surface area contributed by atoms with Crippen LogP contribution >= 0.6 is 0 Å². The summed E-state index contributed by atoms with van der Waals surface area (Å²) in [5.74, 6) is -1.35. The maximum atomic E-state index is 12.4. The second-order valence-electron chi connectivity index (χ2n) is 7.32. The fraction of sp³-hybridized carbons (Fsp3) is 0.684. The standard InChI is InChI=1S/C19H28N6O7/c1-3-5-7-13(27)30-15-16(31-14(28)8-6-4-2)19(11-26,23-24-21)32-17(15)25-10-9-12(20)22-18(25)29/h9-10,15-17,26H,3-8,11H2,1-2H3,(H2,20,22,29)/t15-,16+,17+,19-/m1/s1. The summed E-state index contributed by atoms with van der Waals surface area (Å²) in [4.78, 5) is 43.6. The highest BCUT2D eigenvalue weighted by atomic mass is 16.7. The molecule has 1 aliphatic rings. The van der Waals surface area contributed by atoms with Crippen LogP contribution in [0.1, 0.15) is 58.6 Å². The summed E-state index contributed by atoms with van der Waals surface area (Å²) in [5.41, 5.74) is 11.6. The zero-order valence-corrected chi connectivity index (χ0v) is 18.0. The summed E-state index contributed by atoms with van der Waals surface area (Å²) >= 11 is 0. The lowest BCUT2D eigenvalue weighted by molar-refractivity contribution is -0.173. The van der Waals surface area contributed by atoms with E-state index in [1.165, 1.54) is 12.3 Å². The number of nitrogen functional groups attached to an aromatic ring is 1. The summed E-state index contributed by atoms with van der Waals surface area (Å²) < 4.78 is 17.7. The number of azide groups is 1. The lowest BCUT2D eigenvalue weighted by Crippen LogP contribution is -2.48. The number of carbonyl (C=O) groups excluding carboxylic acids is 2. The maximum absolute atomic E-state index is 12.4. The molecule has 0 spiro atoms. The molecule has 1 aliphatic heterocycles. The van der Waals surface area contributed by atoms with Gasteiger partial charge in [-0.05, 0) is 24.4 Å². The van der Waals surface area contributed by atoms with Gasteiger partial charge in [0.2, 0.25) is 5.72 Å².